The number of hydrogen-bond donors (Lipinski definition) is 2. The molecule has 1 aliphatic rings. The summed E-state index contributed by atoms with van der Waals surface area (Å²) in [7, 11) is 0. The number of carbonyl (C=O) groups is 2. The number of ketones is 1. The largest absolute Gasteiger partial charge is 0.477 e. The molecule has 4 heteroatoms. The van der Waals surface area contributed by atoms with Gasteiger partial charge >= 0.3 is 5.97 Å². The molecular formula is C11H13NO3. The third-order valence-corrected chi connectivity index (χ3v) is 3.03. The molecule has 1 unspecified atom stereocenters. The highest BCUT2D eigenvalue weighted by Gasteiger charge is 2.50. The third kappa shape index (κ3) is 1.67. The molecule has 0 amide bonds. The zero-order valence-corrected chi connectivity index (χ0v) is 8.70. The average molecular weight is 207 g/mol. The van der Waals surface area contributed by atoms with Gasteiger partial charge in [0.25, 0.3) is 0 Å². The maximum absolute atomic E-state index is 11.8. The van der Waals surface area contributed by atoms with Crippen LogP contribution in [0.4, 0.5) is 0 Å². The van der Waals surface area contributed by atoms with Crippen molar-refractivity contribution < 1.29 is 14.7 Å². The number of nitrogens with one attached hydrogen (secondary N) is 1. The van der Waals surface area contributed by atoms with E-state index in [4.69, 9.17) is 5.11 Å². The van der Waals surface area contributed by atoms with Crippen LogP contribution in [-0.2, 0) is 0 Å². The number of carboxylic acids is 1. The van der Waals surface area contributed by atoms with Gasteiger partial charge in [0.2, 0.25) is 0 Å². The molecule has 0 aliphatic heterocycles. The smallest absolute Gasteiger partial charge is 0.352 e. The van der Waals surface area contributed by atoms with Crippen LogP contribution in [0, 0.1) is 11.3 Å². The average Bonchev–Trinajstić information content (AvgIpc) is 2.65. The lowest BCUT2D eigenvalue weighted by Gasteiger charge is -1.99. The second kappa shape index (κ2) is 2.95. The maximum Gasteiger partial charge on any atom is 0.352 e. The summed E-state index contributed by atoms with van der Waals surface area (Å²) in [6.45, 7) is 4.08. The Hall–Kier alpha value is -1.58. The molecule has 0 saturated heterocycles. The summed E-state index contributed by atoms with van der Waals surface area (Å²) >= 11 is 0. The minimum atomic E-state index is -1.04. The minimum absolute atomic E-state index is 0.0451. The molecule has 1 aromatic rings. The van der Waals surface area contributed by atoms with E-state index < -0.39 is 5.97 Å². The fraction of sp³-hybridized carbons (Fsp3) is 0.455. The van der Waals surface area contributed by atoms with Gasteiger partial charge in [-0.15, -0.1) is 0 Å². The van der Waals surface area contributed by atoms with Crippen LogP contribution < -0.4 is 0 Å². The predicted octanol–water partition coefficient (Wildman–Crippen LogP) is 1.94. The van der Waals surface area contributed by atoms with Crippen molar-refractivity contribution in [1.29, 1.82) is 0 Å². The van der Waals surface area contributed by atoms with Crippen LogP contribution in [0.1, 0.15) is 41.1 Å². The fourth-order valence-corrected chi connectivity index (χ4v) is 1.78. The lowest BCUT2D eigenvalue weighted by atomic mass is 10.0. The molecule has 0 radical (unpaired) electrons. The summed E-state index contributed by atoms with van der Waals surface area (Å²) in [4.78, 5) is 25.0. The number of Topliss-reactive ketones (excluding diaryl/α,β-unsaturated/α-hetero) is 1. The van der Waals surface area contributed by atoms with Crippen molar-refractivity contribution in [3.8, 4) is 0 Å². The summed E-state index contributed by atoms with van der Waals surface area (Å²) in [6, 6.07) is 1.40. The topological polar surface area (TPSA) is 70.2 Å². The highest BCUT2D eigenvalue weighted by atomic mass is 16.4. The number of aromatic amines is 1. The van der Waals surface area contributed by atoms with Gasteiger partial charge in [-0.25, -0.2) is 4.79 Å². The molecule has 15 heavy (non-hydrogen) atoms. The Kier molecular flexibility index (Phi) is 1.96. The maximum atomic E-state index is 11.8. The SMILES string of the molecule is CC1(C)CC1C(=O)c1c[nH]c(C(=O)O)c1. The Morgan fingerprint density at radius 2 is 2.13 bits per heavy atom. The van der Waals surface area contributed by atoms with E-state index in [1.165, 1.54) is 12.3 Å². The Morgan fingerprint density at radius 3 is 2.53 bits per heavy atom. The van der Waals surface area contributed by atoms with Gasteiger partial charge in [-0.05, 0) is 17.9 Å². The van der Waals surface area contributed by atoms with Gasteiger partial charge in [0.1, 0.15) is 5.69 Å². The van der Waals surface area contributed by atoms with Gasteiger partial charge in [-0.3, -0.25) is 4.79 Å². The normalized spacial score (nSPS) is 22.4. The van der Waals surface area contributed by atoms with Gasteiger partial charge in [-0.2, -0.15) is 0 Å². The van der Waals surface area contributed by atoms with Crippen LogP contribution >= 0.6 is 0 Å². The van der Waals surface area contributed by atoms with Crippen molar-refractivity contribution >= 4 is 11.8 Å². The molecule has 1 aliphatic carbocycles. The number of aromatic nitrogens is 1. The highest BCUT2D eigenvalue weighted by molar-refractivity contribution is 6.01. The summed E-state index contributed by atoms with van der Waals surface area (Å²) in [5, 5.41) is 8.69. The fourth-order valence-electron chi connectivity index (χ4n) is 1.78. The summed E-state index contributed by atoms with van der Waals surface area (Å²) in [6.07, 6.45) is 2.36. The first-order valence-electron chi connectivity index (χ1n) is 4.88. The zero-order chi connectivity index (χ0) is 11.2. The van der Waals surface area contributed by atoms with E-state index >= 15 is 0 Å². The summed E-state index contributed by atoms with van der Waals surface area (Å²) in [5.74, 6) is -0.942. The van der Waals surface area contributed by atoms with E-state index in [-0.39, 0.29) is 22.8 Å². The Labute approximate surface area is 87.3 Å². The zero-order valence-electron chi connectivity index (χ0n) is 8.70. The van der Waals surface area contributed by atoms with Crippen molar-refractivity contribution in [2.24, 2.45) is 11.3 Å². The summed E-state index contributed by atoms with van der Waals surface area (Å²) < 4.78 is 0. The molecule has 4 nitrogen and oxygen atoms in total. The Bertz CT molecular complexity index is 431. The van der Waals surface area contributed by atoms with Crippen LogP contribution in [0.5, 0.6) is 0 Å². The van der Waals surface area contributed by atoms with Crippen LogP contribution in [0.3, 0.4) is 0 Å². The van der Waals surface area contributed by atoms with Crippen LogP contribution in [0.25, 0.3) is 0 Å². The van der Waals surface area contributed by atoms with Crippen LogP contribution in [0.2, 0.25) is 0 Å². The molecule has 2 rings (SSSR count). The number of rotatable bonds is 3. The second-order valence-corrected chi connectivity index (χ2v) is 4.72. The van der Waals surface area contributed by atoms with E-state index in [0.29, 0.717) is 5.56 Å². The van der Waals surface area contributed by atoms with Gasteiger partial charge < -0.3 is 10.1 Å². The van der Waals surface area contributed by atoms with E-state index in [0.717, 1.165) is 6.42 Å². The first-order chi connectivity index (χ1) is 6.92. The van der Waals surface area contributed by atoms with Crippen molar-refractivity contribution in [1.82, 2.24) is 4.98 Å². The lowest BCUT2D eigenvalue weighted by Crippen LogP contribution is -2.05. The van der Waals surface area contributed by atoms with Crippen molar-refractivity contribution in [3.63, 3.8) is 0 Å². The second-order valence-electron chi connectivity index (χ2n) is 4.72. The first kappa shape index (κ1) is 9.96. The molecule has 0 spiro atoms. The number of carbonyl (C=O) groups excluding carboxylic acids is 1. The summed E-state index contributed by atoms with van der Waals surface area (Å²) in [5.41, 5.74) is 0.623. The molecule has 1 heterocycles. The van der Waals surface area contributed by atoms with Crippen molar-refractivity contribution in [3.05, 3.63) is 23.5 Å². The molecule has 80 valence electrons. The van der Waals surface area contributed by atoms with Gasteiger partial charge in [0, 0.05) is 17.7 Å². The number of aromatic carboxylic acids is 1. The standard InChI is InChI=1S/C11H13NO3/c1-11(2)4-7(11)9(13)6-3-8(10(14)15)12-5-6/h3,5,7,12H,4H2,1-2H3,(H,14,15). The molecule has 1 atom stereocenters. The van der Waals surface area contributed by atoms with Gasteiger partial charge in [0.15, 0.2) is 5.78 Å². The first-order valence-corrected chi connectivity index (χ1v) is 4.88. The molecule has 1 fully saturated rings. The molecule has 0 bridgehead atoms. The Morgan fingerprint density at radius 1 is 1.53 bits per heavy atom. The van der Waals surface area contributed by atoms with E-state index in [9.17, 15) is 9.59 Å². The van der Waals surface area contributed by atoms with Gasteiger partial charge in [-0.1, -0.05) is 13.8 Å². The van der Waals surface area contributed by atoms with E-state index in [1.54, 1.807) is 0 Å². The molecule has 2 N–H and O–H groups in total. The van der Waals surface area contributed by atoms with Crippen molar-refractivity contribution in [2.45, 2.75) is 20.3 Å². The van der Waals surface area contributed by atoms with Crippen LogP contribution in [-0.4, -0.2) is 21.8 Å². The van der Waals surface area contributed by atoms with Gasteiger partial charge in [0.05, 0.1) is 0 Å². The minimum Gasteiger partial charge on any atom is -0.477 e. The predicted molar refractivity (Wildman–Crippen MR) is 54.0 cm³/mol. The van der Waals surface area contributed by atoms with Crippen LogP contribution in [0.15, 0.2) is 12.3 Å². The Balaban J connectivity index is 2.17. The number of carboxylic acid groups (broad SMARTS) is 1. The quantitative estimate of drug-likeness (QED) is 0.744. The molecule has 1 saturated carbocycles. The molecule has 1 aromatic heterocycles. The van der Waals surface area contributed by atoms with E-state index in [2.05, 4.69) is 4.98 Å². The highest BCUT2D eigenvalue weighted by Crippen LogP contribution is 2.53. The van der Waals surface area contributed by atoms with Crippen molar-refractivity contribution in [2.75, 3.05) is 0 Å². The third-order valence-electron chi connectivity index (χ3n) is 3.03. The van der Waals surface area contributed by atoms with E-state index in [1.807, 2.05) is 13.8 Å². The number of H-pyrrole nitrogens is 1. The monoisotopic (exact) mass is 207 g/mol. The molecule has 0 aromatic carbocycles. The molecular weight excluding hydrogens is 194 g/mol. The lowest BCUT2D eigenvalue weighted by molar-refractivity contribution is 0.0691. The number of hydrogen-bond acceptors (Lipinski definition) is 2.